The molecule has 1 heterocycles. The molecule has 1 fully saturated rings. The van der Waals surface area contributed by atoms with Crippen LogP contribution in [0, 0.1) is 11.3 Å². The normalized spacial score (nSPS) is 24.3. The first kappa shape index (κ1) is 14.3. The Balaban J connectivity index is 2.39. The predicted octanol–water partition coefficient (Wildman–Crippen LogP) is 1.36. The van der Waals surface area contributed by atoms with Crippen LogP contribution >= 0.6 is 11.6 Å². The Labute approximate surface area is 117 Å². The molecule has 0 aromatic heterocycles. The quantitative estimate of drug-likeness (QED) is 0.894. The lowest BCUT2D eigenvalue weighted by molar-refractivity contribution is 0.0762. The van der Waals surface area contributed by atoms with E-state index in [1.54, 1.807) is 6.92 Å². The number of β-amino-alcohol motifs (C(OH)–C–C–N with tert-alkyl or cyclic N) is 1. The van der Waals surface area contributed by atoms with Crippen molar-refractivity contribution < 1.29 is 13.5 Å². The van der Waals surface area contributed by atoms with E-state index in [2.05, 4.69) is 0 Å². The molecule has 0 bridgehead atoms. The van der Waals surface area contributed by atoms with Crippen molar-refractivity contribution in [1.29, 1.82) is 5.26 Å². The van der Waals surface area contributed by atoms with Gasteiger partial charge in [-0.25, -0.2) is 8.42 Å². The maximum Gasteiger partial charge on any atom is 0.244 e. The highest BCUT2D eigenvalue weighted by Crippen LogP contribution is 2.30. The van der Waals surface area contributed by atoms with E-state index in [4.69, 9.17) is 16.9 Å². The van der Waals surface area contributed by atoms with Gasteiger partial charge in [-0.05, 0) is 31.5 Å². The summed E-state index contributed by atoms with van der Waals surface area (Å²) in [4.78, 5) is -0.0362. The van der Waals surface area contributed by atoms with Crippen molar-refractivity contribution >= 4 is 21.6 Å². The molecule has 1 aliphatic heterocycles. The lowest BCUT2D eigenvalue weighted by atomic mass is 10.1. The molecule has 5 nitrogen and oxygen atoms in total. The van der Waals surface area contributed by atoms with Gasteiger partial charge in [0, 0.05) is 13.1 Å². The van der Waals surface area contributed by atoms with E-state index >= 15 is 0 Å². The van der Waals surface area contributed by atoms with Crippen LogP contribution in [0.5, 0.6) is 0 Å². The van der Waals surface area contributed by atoms with Gasteiger partial charge in [0.15, 0.2) is 0 Å². The molecule has 7 heteroatoms. The number of sulfonamides is 1. The molecule has 1 saturated heterocycles. The van der Waals surface area contributed by atoms with Crippen molar-refractivity contribution in [1.82, 2.24) is 4.31 Å². The van der Waals surface area contributed by atoms with Crippen molar-refractivity contribution in [3.8, 4) is 6.07 Å². The zero-order chi connectivity index (χ0) is 14.3. The molecule has 0 amide bonds. The number of hydrogen-bond donors (Lipinski definition) is 1. The van der Waals surface area contributed by atoms with Crippen LogP contribution in [0.15, 0.2) is 23.1 Å². The fraction of sp³-hybridized carbons (Fsp3) is 0.417. The summed E-state index contributed by atoms with van der Waals surface area (Å²) < 4.78 is 26.0. The molecule has 1 aliphatic rings. The molecule has 0 saturated carbocycles. The number of halogens is 1. The molecular formula is C12H13ClN2O3S. The van der Waals surface area contributed by atoms with E-state index in [9.17, 15) is 13.5 Å². The lowest BCUT2D eigenvalue weighted by Gasteiger charge is -2.19. The topological polar surface area (TPSA) is 81.4 Å². The fourth-order valence-corrected chi connectivity index (χ4v) is 4.10. The van der Waals surface area contributed by atoms with E-state index < -0.39 is 15.6 Å². The molecule has 1 aromatic rings. The molecule has 1 unspecified atom stereocenters. The summed E-state index contributed by atoms with van der Waals surface area (Å²) in [5.74, 6) is 0. The summed E-state index contributed by atoms with van der Waals surface area (Å²) >= 11 is 5.92. The second-order valence-electron chi connectivity index (χ2n) is 4.84. The van der Waals surface area contributed by atoms with Crippen molar-refractivity contribution in [3.05, 3.63) is 28.8 Å². The van der Waals surface area contributed by atoms with E-state index in [1.165, 1.54) is 22.5 Å². The standard InChI is InChI=1S/C12H13ClN2O3S/c1-12(16)4-5-15(8-12)19(17,18)11-3-2-9(7-14)6-10(11)13/h2-3,6,16H,4-5,8H2,1H3. The molecule has 19 heavy (non-hydrogen) atoms. The van der Waals surface area contributed by atoms with Crippen LogP contribution in [-0.2, 0) is 10.0 Å². The molecule has 0 aliphatic carbocycles. The first-order valence-corrected chi connectivity index (χ1v) is 7.50. The largest absolute Gasteiger partial charge is 0.389 e. The van der Waals surface area contributed by atoms with Gasteiger partial charge in [-0.15, -0.1) is 0 Å². The van der Waals surface area contributed by atoms with Gasteiger partial charge in [0.1, 0.15) is 4.90 Å². The van der Waals surface area contributed by atoms with Crippen LogP contribution < -0.4 is 0 Å². The van der Waals surface area contributed by atoms with E-state index in [-0.39, 0.29) is 23.0 Å². The molecule has 102 valence electrons. The number of rotatable bonds is 2. The van der Waals surface area contributed by atoms with Crippen LogP contribution in [0.1, 0.15) is 18.9 Å². The van der Waals surface area contributed by atoms with Crippen molar-refractivity contribution in [2.75, 3.05) is 13.1 Å². The number of hydrogen-bond acceptors (Lipinski definition) is 4. The lowest BCUT2D eigenvalue weighted by Crippen LogP contribution is -2.34. The second kappa shape index (κ2) is 4.76. The summed E-state index contributed by atoms with van der Waals surface area (Å²) in [6, 6.07) is 5.95. The molecule has 0 spiro atoms. The zero-order valence-electron chi connectivity index (χ0n) is 10.3. The van der Waals surface area contributed by atoms with Gasteiger partial charge in [0.25, 0.3) is 0 Å². The average Bonchev–Trinajstić information content (AvgIpc) is 2.69. The van der Waals surface area contributed by atoms with Crippen LogP contribution in [-0.4, -0.2) is 36.5 Å². The monoisotopic (exact) mass is 300 g/mol. The molecule has 2 rings (SSSR count). The van der Waals surface area contributed by atoms with Crippen LogP contribution in [0.2, 0.25) is 5.02 Å². The third kappa shape index (κ3) is 2.74. The Morgan fingerprint density at radius 2 is 2.21 bits per heavy atom. The van der Waals surface area contributed by atoms with Gasteiger partial charge < -0.3 is 5.11 Å². The Morgan fingerprint density at radius 3 is 2.68 bits per heavy atom. The average molecular weight is 301 g/mol. The van der Waals surface area contributed by atoms with Crippen LogP contribution in [0.25, 0.3) is 0 Å². The summed E-state index contributed by atoms with van der Waals surface area (Å²) in [5, 5.41) is 18.6. The number of nitrogens with zero attached hydrogens (tertiary/aromatic N) is 2. The fourth-order valence-electron chi connectivity index (χ4n) is 2.03. The minimum atomic E-state index is -3.73. The van der Waals surface area contributed by atoms with Crippen LogP contribution in [0.3, 0.4) is 0 Å². The molecule has 1 atom stereocenters. The predicted molar refractivity (Wildman–Crippen MR) is 70.2 cm³/mol. The minimum absolute atomic E-state index is 0.0191. The van der Waals surface area contributed by atoms with Crippen molar-refractivity contribution in [2.24, 2.45) is 0 Å². The summed E-state index contributed by atoms with van der Waals surface area (Å²) in [5.41, 5.74) is -0.705. The van der Waals surface area contributed by atoms with Gasteiger partial charge >= 0.3 is 0 Å². The van der Waals surface area contributed by atoms with E-state index in [0.717, 1.165) is 0 Å². The molecule has 0 radical (unpaired) electrons. The number of nitriles is 1. The second-order valence-corrected chi connectivity index (χ2v) is 7.16. The number of benzene rings is 1. The van der Waals surface area contributed by atoms with Gasteiger partial charge in [-0.2, -0.15) is 9.57 Å². The highest BCUT2D eigenvalue weighted by Gasteiger charge is 2.39. The molecular weight excluding hydrogens is 288 g/mol. The van der Waals surface area contributed by atoms with E-state index in [0.29, 0.717) is 12.0 Å². The molecule has 1 aromatic carbocycles. The van der Waals surface area contributed by atoms with E-state index in [1.807, 2.05) is 6.07 Å². The number of aliphatic hydroxyl groups is 1. The first-order chi connectivity index (χ1) is 8.76. The summed E-state index contributed by atoms with van der Waals surface area (Å²) in [7, 11) is -3.73. The minimum Gasteiger partial charge on any atom is -0.389 e. The summed E-state index contributed by atoms with van der Waals surface area (Å²) in [6.07, 6.45) is 0.389. The van der Waals surface area contributed by atoms with Gasteiger partial charge in [-0.1, -0.05) is 11.6 Å². The third-order valence-electron chi connectivity index (χ3n) is 3.10. The molecule has 1 N–H and O–H groups in total. The highest BCUT2D eigenvalue weighted by atomic mass is 35.5. The maximum absolute atomic E-state index is 12.4. The maximum atomic E-state index is 12.4. The SMILES string of the molecule is CC1(O)CCN(S(=O)(=O)c2ccc(C#N)cc2Cl)C1. The Morgan fingerprint density at radius 1 is 1.53 bits per heavy atom. The Kier molecular flexibility index (Phi) is 3.58. The van der Waals surface area contributed by atoms with Gasteiger partial charge in [0.2, 0.25) is 10.0 Å². The van der Waals surface area contributed by atoms with Crippen molar-refractivity contribution in [3.63, 3.8) is 0 Å². The van der Waals surface area contributed by atoms with Gasteiger partial charge in [-0.3, -0.25) is 0 Å². The smallest absolute Gasteiger partial charge is 0.244 e. The zero-order valence-corrected chi connectivity index (χ0v) is 11.9. The highest BCUT2D eigenvalue weighted by molar-refractivity contribution is 7.89. The van der Waals surface area contributed by atoms with Crippen molar-refractivity contribution in [2.45, 2.75) is 23.8 Å². The third-order valence-corrected chi connectivity index (χ3v) is 5.42. The summed E-state index contributed by atoms with van der Waals surface area (Å²) in [6.45, 7) is 1.90. The first-order valence-electron chi connectivity index (χ1n) is 5.68. The van der Waals surface area contributed by atoms with Gasteiger partial charge in [0.05, 0.1) is 22.3 Å². The Hall–Kier alpha value is -1.13. The van der Waals surface area contributed by atoms with Crippen LogP contribution in [0.4, 0.5) is 0 Å². The Bertz CT molecular complexity index is 649.